The van der Waals surface area contributed by atoms with Crippen molar-refractivity contribution in [2.45, 2.75) is 78.1 Å². The number of anilines is 1. The topological polar surface area (TPSA) is 75.3 Å². The Hall–Kier alpha value is -1.71. The highest BCUT2D eigenvalue weighted by atomic mass is 16.3. The van der Waals surface area contributed by atoms with Crippen molar-refractivity contribution in [3.63, 3.8) is 0 Å². The van der Waals surface area contributed by atoms with Gasteiger partial charge in [-0.2, -0.15) is 0 Å². The summed E-state index contributed by atoms with van der Waals surface area (Å²) < 4.78 is 0. The Morgan fingerprint density at radius 3 is 2.12 bits per heavy atom. The number of nitrogens with two attached hydrogens (primary N) is 1. The number of hydrogen-bond acceptors (Lipinski definition) is 3. The Kier molecular flexibility index (Phi) is 9.97. The molecule has 0 heterocycles. The maximum absolute atomic E-state index is 12.1. The lowest BCUT2D eigenvalue weighted by Crippen LogP contribution is -2.25. The molecule has 0 spiro atoms. The number of nitrogen functional groups attached to an aromatic ring is 1. The summed E-state index contributed by atoms with van der Waals surface area (Å²) in [6.45, 7) is 4.66. The predicted molar refractivity (Wildman–Crippen MR) is 101 cm³/mol. The SMILES string of the molecule is CCCCCCCCCCCCNC(=O)c1ccc(C)c(O)c1N. The third-order valence-electron chi connectivity index (χ3n) is 4.48. The van der Waals surface area contributed by atoms with Crippen LogP contribution in [0.3, 0.4) is 0 Å². The zero-order chi connectivity index (χ0) is 17.8. The molecule has 0 aromatic heterocycles. The second-order valence-corrected chi connectivity index (χ2v) is 6.63. The lowest BCUT2D eigenvalue weighted by atomic mass is 10.1. The normalized spacial score (nSPS) is 10.8. The van der Waals surface area contributed by atoms with Gasteiger partial charge in [0.1, 0.15) is 5.75 Å². The van der Waals surface area contributed by atoms with E-state index in [4.69, 9.17) is 5.73 Å². The summed E-state index contributed by atoms with van der Waals surface area (Å²) in [5.74, 6) is -0.208. The fourth-order valence-corrected chi connectivity index (χ4v) is 2.82. The highest BCUT2D eigenvalue weighted by molar-refractivity contribution is 6.00. The van der Waals surface area contributed by atoms with E-state index in [1.807, 2.05) is 0 Å². The van der Waals surface area contributed by atoms with E-state index in [1.165, 1.54) is 51.4 Å². The standard InChI is InChI=1S/C20H34N2O2/c1-3-4-5-6-7-8-9-10-11-12-15-22-20(24)17-14-13-16(2)19(23)18(17)21/h13-14,23H,3-12,15,21H2,1-2H3,(H,22,24). The smallest absolute Gasteiger partial charge is 0.253 e. The van der Waals surface area contributed by atoms with Crippen LogP contribution in [0.25, 0.3) is 0 Å². The third-order valence-corrected chi connectivity index (χ3v) is 4.48. The van der Waals surface area contributed by atoms with Gasteiger partial charge in [0.2, 0.25) is 0 Å². The molecule has 4 N–H and O–H groups in total. The number of hydrogen-bond donors (Lipinski definition) is 3. The van der Waals surface area contributed by atoms with Gasteiger partial charge in [0.25, 0.3) is 5.91 Å². The number of aryl methyl sites for hydroxylation is 1. The van der Waals surface area contributed by atoms with Crippen LogP contribution >= 0.6 is 0 Å². The molecule has 0 saturated carbocycles. The Bertz CT molecular complexity index is 501. The summed E-state index contributed by atoms with van der Waals surface area (Å²) in [4.78, 5) is 12.1. The summed E-state index contributed by atoms with van der Waals surface area (Å²) in [6.07, 6.45) is 12.7. The minimum Gasteiger partial charge on any atom is -0.505 e. The summed E-state index contributed by atoms with van der Waals surface area (Å²) in [6, 6.07) is 3.37. The molecule has 24 heavy (non-hydrogen) atoms. The number of unbranched alkanes of at least 4 members (excludes halogenated alkanes) is 9. The Morgan fingerprint density at radius 1 is 1.00 bits per heavy atom. The number of amides is 1. The van der Waals surface area contributed by atoms with Gasteiger partial charge >= 0.3 is 0 Å². The number of nitrogens with one attached hydrogen (secondary N) is 1. The van der Waals surface area contributed by atoms with Crippen molar-refractivity contribution < 1.29 is 9.90 Å². The lowest BCUT2D eigenvalue weighted by Gasteiger charge is -2.10. The van der Waals surface area contributed by atoms with Gasteiger partial charge in [-0.05, 0) is 25.0 Å². The minimum atomic E-state index is -0.210. The molecule has 1 aromatic carbocycles. The van der Waals surface area contributed by atoms with Gasteiger partial charge in [0.05, 0.1) is 11.3 Å². The fourth-order valence-electron chi connectivity index (χ4n) is 2.82. The van der Waals surface area contributed by atoms with Crippen LogP contribution in [0.5, 0.6) is 5.75 Å². The quantitative estimate of drug-likeness (QED) is 0.288. The molecular formula is C20H34N2O2. The van der Waals surface area contributed by atoms with Crippen molar-refractivity contribution in [1.29, 1.82) is 0 Å². The molecule has 0 bridgehead atoms. The van der Waals surface area contributed by atoms with E-state index in [-0.39, 0.29) is 17.3 Å². The van der Waals surface area contributed by atoms with E-state index in [0.29, 0.717) is 17.7 Å². The maximum atomic E-state index is 12.1. The second-order valence-electron chi connectivity index (χ2n) is 6.63. The van der Waals surface area contributed by atoms with Gasteiger partial charge in [-0.25, -0.2) is 0 Å². The van der Waals surface area contributed by atoms with Gasteiger partial charge in [-0.1, -0.05) is 70.8 Å². The molecule has 0 saturated heterocycles. The molecule has 4 nitrogen and oxygen atoms in total. The molecular weight excluding hydrogens is 300 g/mol. The van der Waals surface area contributed by atoms with E-state index in [9.17, 15) is 9.90 Å². The summed E-state index contributed by atoms with van der Waals surface area (Å²) >= 11 is 0. The Morgan fingerprint density at radius 2 is 1.54 bits per heavy atom. The maximum Gasteiger partial charge on any atom is 0.253 e. The Labute approximate surface area is 146 Å². The third kappa shape index (κ3) is 7.24. The van der Waals surface area contributed by atoms with Crippen molar-refractivity contribution >= 4 is 11.6 Å². The molecule has 0 aliphatic rings. The first-order valence-electron chi connectivity index (χ1n) is 9.44. The lowest BCUT2D eigenvalue weighted by molar-refractivity contribution is 0.0953. The van der Waals surface area contributed by atoms with Crippen molar-refractivity contribution in [3.8, 4) is 5.75 Å². The molecule has 1 rings (SSSR count). The number of phenols is 1. The average molecular weight is 335 g/mol. The van der Waals surface area contributed by atoms with Crippen LogP contribution in [-0.2, 0) is 0 Å². The molecule has 4 heteroatoms. The van der Waals surface area contributed by atoms with Gasteiger partial charge in [0.15, 0.2) is 0 Å². The number of phenolic OH excluding ortho intramolecular Hbond substituents is 1. The fraction of sp³-hybridized carbons (Fsp3) is 0.650. The van der Waals surface area contributed by atoms with Crippen LogP contribution in [-0.4, -0.2) is 17.6 Å². The van der Waals surface area contributed by atoms with Gasteiger partial charge < -0.3 is 16.2 Å². The molecule has 0 aliphatic carbocycles. The van der Waals surface area contributed by atoms with E-state index in [2.05, 4.69) is 12.2 Å². The first-order valence-corrected chi connectivity index (χ1v) is 9.44. The number of carbonyl (C=O) groups excluding carboxylic acids is 1. The monoisotopic (exact) mass is 334 g/mol. The minimum absolute atomic E-state index is 0.00147. The highest BCUT2D eigenvalue weighted by Crippen LogP contribution is 2.27. The molecule has 0 aliphatic heterocycles. The molecule has 0 unspecified atom stereocenters. The molecule has 0 radical (unpaired) electrons. The first-order chi connectivity index (χ1) is 11.6. The Balaban J connectivity index is 2.09. The van der Waals surface area contributed by atoms with E-state index in [1.54, 1.807) is 19.1 Å². The number of benzene rings is 1. The number of carbonyl (C=O) groups is 1. The molecule has 0 atom stereocenters. The van der Waals surface area contributed by atoms with Gasteiger partial charge in [-0.15, -0.1) is 0 Å². The van der Waals surface area contributed by atoms with Crippen molar-refractivity contribution in [1.82, 2.24) is 5.32 Å². The van der Waals surface area contributed by atoms with Crippen LogP contribution in [0.15, 0.2) is 12.1 Å². The van der Waals surface area contributed by atoms with Crippen LogP contribution in [0.1, 0.15) is 87.1 Å². The summed E-state index contributed by atoms with van der Waals surface area (Å²) in [5, 5.41) is 12.7. The van der Waals surface area contributed by atoms with Crippen molar-refractivity contribution in [3.05, 3.63) is 23.3 Å². The zero-order valence-corrected chi connectivity index (χ0v) is 15.4. The highest BCUT2D eigenvalue weighted by Gasteiger charge is 2.13. The van der Waals surface area contributed by atoms with E-state index in [0.717, 1.165) is 12.8 Å². The van der Waals surface area contributed by atoms with Gasteiger partial charge in [0, 0.05) is 6.54 Å². The molecule has 1 amide bonds. The largest absolute Gasteiger partial charge is 0.505 e. The summed E-state index contributed by atoms with van der Waals surface area (Å²) in [5.41, 5.74) is 7.00. The zero-order valence-electron chi connectivity index (χ0n) is 15.4. The van der Waals surface area contributed by atoms with Crippen LogP contribution in [0.4, 0.5) is 5.69 Å². The van der Waals surface area contributed by atoms with Crippen LogP contribution < -0.4 is 11.1 Å². The van der Waals surface area contributed by atoms with Crippen molar-refractivity contribution in [2.75, 3.05) is 12.3 Å². The molecule has 136 valence electrons. The molecule has 0 fully saturated rings. The molecule has 1 aromatic rings. The number of aromatic hydroxyl groups is 1. The van der Waals surface area contributed by atoms with Crippen LogP contribution in [0, 0.1) is 6.92 Å². The predicted octanol–water partition coefficient (Wildman–Crippen LogP) is 4.93. The van der Waals surface area contributed by atoms with Crippen molar-refractivity contribution in [2.24, 2.45) is 0 Å². The van der Waals surface area contributed by atoms with E-state index >= 15 is 0 Å². The average Bonchev–Trinajstić information content (AvgIpc) is 2.57. The first kappa shape index (κ1) is 20.3. The van der Waals surface area contributed by atoms with Crippen LogP contribution in [0.2, 0.25) is 0 Å². The van der Waals surface area contributed by atoms with E-state index < -0.39 is 0 Å². The number of rotatable bonds is 12. The van der Waals surface area contributed by atoms with Gasteiger partial charge in [-0.3, -0.25) is 4.79 Å². The second kappa shape index (κ2) is 11.8. The summed E-state index contributed by atoms with van der Waals surface area (Å²) in [7, 11) is 0.